The van der Waals surface area contributed by atoms with Crippen LogP contribution < -0.4 is 10.4 Å². The summed E-state index contributed by atoms with van der Waals surface area (Å²) in [7, 11) is -1.14. The van der Waals surface area contributed by atoms with Crippen molar-refractivity contribution in [2.24, 2.45) is 0 Å². The number of unbranched alkanes of at least 4 members (excludes halogenated alkanes) is 2. The molecular weight excluding hydrogens is 468 g/mol. The van der Waals surface area contributed by atoms with Gasteiger partial charge in [0.1, 0.15) is 0 Å². The van der Waals surface area contributed by atoms with E-state index in [4.69, 9.17) is 13.9 Å². The average molecular weight is 507 g/mol. The summed E-state index contributed by atoms with van der Waals surface area (Å²) >= 11 is 0. The normalized spacial score (nSPS) is 18.1. The minimum Gasteiger partial charge on any atom is -0.421 e. The Morgan fingerprint density at radius 2 is 1.47 bits per heavy atom. The van der Waals surface area contributed by atoms with Crippen molar-refractivity contribution in [1.29, 1.82) is 0 Å². The molecule has 0 N–H and O–H groups in total. The predicted molar refractivity (Wildman–Crippen MR) is 146 cm³/mol. The first-order chi connectivity index (χ1) is 17.1. The summed E-state index contributed by atoms with van der Waals surface area (Å²) in [6, 6.07) is 21.3. The first-order valence-electron chi connectivity index (χ1n) is 12.6. The molecule has 1 aliphatic carbocycles. The topological polar surface area (TPSA) is 61.8 Å². The number of carbonyl (C=O) groups is 2. The van der Waals surface area contributed by atoms with E-state index in [0.717, 1.165) is 31.3 Å². The molecule has 0 aliphatic heterocycles. The van der Waals surface area contributed by atoms with Crippen LogP contribution in [0.4, 0.5) is 0 Å². The third-order valence-corrected chi connectivity index (χ3v) is 11.7. The Hall–Kier alpha value is -2.80. The van der Waals surface area contributed by atoms with Gasteiger partial charge in [0.2, 0.25) is 5.78 Å². The largest absolute Gasteiger partial charge is 0.421 e. The van der Waals surface area contributed by atoms with E-state index < -0.39 is 20.1 Å². The molecule has 0 heterocycles. The van der Waals surface area contributed by atoms with Crippen molar-refractivity contribution in [3.8, 4) is 0 Å². The van der Waals surface area contributed by atoms with Crippen molar-refractivity contribution < 1.29 is 23.5 Å². The van der Waals surface area contributed by atoms with E-state index in [1.807, 2.05) is 0 Å². The second kappa shape index (κ2) is 12.0. The van der Waals surface area contributed by atoms with Gasteiger partial charge < -0.3 is 13.9 Å². The summed E-state index contributed by atoms with van der Waals surface area (Å²) in [6.07, 6.45) is 8.42. The van der Waals surface area contributed by atoms with E-state index in [2.05, 4.69) is 81.4 Å². The van der Waals surface area contributed by atoms with Crippen LogP contribution in [-0.2, 0) is 23.5 Å². The molecule has 0 saturated heterocycles. The first kappa shape index (κ1) is 27.8. The Morgan fingerprint density at radius 3 is 1.97 bits per heavy atom. The molecule has 1 aliphatic rings. The fraction of sp³-hybridized carbons (Fsp3) is 0.400. The monoisotopic (exact) mass is 506 g/mol. The maximum Gasteiger partial charge on any atom is 0.305 e. The van der Waals surface area contributed by atoms with Gasteiger partial charge in [0.05, 0.1) is 0 Å². The van der Waals surface area contributed by atoms with E-state index in [-0.39, 0.29) is 10.8 Å². The van der Waals surface area contributed by atoms with E-state index in [9.17, 15) is 9.59 Å². The number of ether oxygens (including phenoxy) is 2. The number of ketones is 1. The number of hydrogen-bond acceptors (Lipinski definition) is 5. The molecule has 0 radical (unpaired) electrons. The first-order valence-corrected chi connectivity index (χ1v) is 14.5. The minimum absolute atomic E-state index is 0.0415. The standard InChI is InChI=1S/C30H38O5Si/c1-24(31)35-30(33-5)23-25(20-21-28(30)32)15-9-8-14-22-34-36(29(2,3)4,26-16-10-6-11-17-26)27-18-12-7-13-19-27/h6-7,10-13,16-21,23H,8-9,14-15,22H2,1-5H3. The van der Waals surface area contributed by atoms with E-state index in [1.165, 1.54) is 30.5 Å². The molecule has 6 heteroatoms. The van der Waals surface area contributed by atoms with E-state index in [1.54, 1.807) is 12.2 Å². The Balaban J connectivity index is 1.66. The average Bonchev–Trinajstić information content (AvgIpc) is 2.85. The summed E-state index contributed by atoms with van der Waals surface area (Å²) in [5.41, 5.74) is 0.922. The van der Waals surface area contributed by atoms with Gasteiger partial charge in [0.25, 0.3) is 14.1 Å². The highest BCUT2D eigenvalue weighted by atomic mass is 28.4. The molecule has 36 heavy (non-hydrogen) atoms. The molecule has 0 bridgehead atoms. The Kier molecular flexibility index (Phi) is 9.22. The summed E-state index contributed by atoms with van der Waals surface area (Å²) in [6.45, 7) is 8.80. The number of allylic oxidation sites excluding steroid dienone is 2. The zero-order chi connectivity index (χ0) is 26.2. The van der Waals surface area contributed by atoms with Crippen LogP contribution in [-0.4, -0.2) is 39.6 Å². The summed E-state index contributed by atoms with van der Waals surface area (Å²) in [4.78, 5) is 23.8. The maximum atomic E-state index is 12.3. The molecule has 5 nitrogen and oxygen atoms in total. The maximum absolute atomic E-state index is 12.3. The number of carbonyl (C=O) groups excluding carboxylic acids is 2. The lowest BCUT2D eigenvalue weighted by Gasteiger charge is -2.43. The molecule has 0 amide bonds. The molecule has 0 saturated carbocycles. The van der Waals surface area contributed by atoms with Crippen LogP contribution in [0, 0.1) is 0 Å². The second-order valence-electron chi connectivity index (χ2n) is 10.2. The van der Waals surface area contributed by atoms with E-state index >= 15 is 0 Å². The van der Waals surface area contributed by atoms with Crippen LogP contribution in [0.3, 0.4) is 0 Å². The number of methoxy groups -OCH3 is 1. The molecule has 0 spiro atoms. The lowest BCUT2D eigenvalue weighted by molar-refractivity contribution is -0.199. The van der Waals surface area contributed by atoms with Crippen LogP contribution in [0.15, 0.2) is 84.5 Å². The van der Waals surface area contributed by atoms with Gasteiger partial charge in [-0.1, -0.05) is 93.9 Å². The van der Waals surface area contributed by atoms with Crippen LogP contribution >= 0.6 is 0 Å². The second-order valence-corrected chi connectivity index (χ2v) is 14.5. The minimum atomic E-state index is -2.51. The van der Waals surface area contributed by atoms with Crippen molar-refractivity contribution in [3.05, 3.63) is 84.5 Å². The smallest absolute Gasteiger partial charge is 0.305 e. The number of benzene rings is 2. The Bertz CT molecular complexity index is 1050. The van der Waals surface area contributed by atoms with Crippen LogP contribution in [0.5, 0.6) is 0 Å². The molecule has 1 unspecified atom stereocenters. The van der Waals surface area contributed by atoms with Crippen molar-refractivity contribution in [2.45, 2.75) is 64.2 Å². The Labute approximate surface area is 216 Å². The van der Waals surface area contributed by atoms with Gasteiger partial charge in [-0.05, 0) is 52.4 Å². The van der Waals surface area contributed by atoms with Crippen molar-refractivity contribution in [2.75, 3.05) is 13.7 Å². The zero-order valence-corrected chi connectivity index (χ0v) is 23.1. The number of esters is 1. The zero-order valence-electron chi connectivity index (χ0n) is 22.1. The van der Waals surface area contributed by atoms with Gasteiger partial charge in [-0.25, -0.2) is 0 Å². The third-order valence-electron chi connectivity index (χ3n) is 6.61. The van der Waals surface area contributed by atoms with Gasteiger partial charge in [-0.3, -0.25) is 9.59 Å². The molecular formula is C30H38O5Si. The fourth-order valence-corrected chi connectivity index (χ4v) is 9.51. The molecule has 1 atom stereocenters. The molecule has 0 fully saturated rings. The van der Waals surface area contributed by atoms with Crippen LogP contribution in [0.2, 0.25) is 5.04 Å². The quantitative estimate of drug-likeness (QED) is 0.184. The molecule has 3 rings (SSSR count). The van der Waals surface area contributed by atoms with E-state index in [0.29, 0.717) is 6.61 Å². The highest BCUT2D eigenvalue weighted by Crippen LogP contribution is 2.37. The predicted octanol–water partition coefficient (Wildman–Crippen LogP) is 5.09. The molecule has 192 valence electrons. The Morgan fingerprint density at radius 1 is 0.889 bits per heavy atom. The van der Waals surface area contributed by atoms with Gasteiger partial charge in [-0.2, -0.15) is 0 Å². The highest BCUT2D eigenvalue weighted by Gasteiger charge is 2.50. The summed E-state index contributed by atoms with van der Waals surface area (Å²) < 4.78 is 17.5. The number of rotatable bonds is 11. The molecule has 0 aromatic heterocycles. The molecule has 2 aromatic carbocycles. The van der Waals surface area contributed by atoms with Gasteiger partial charge in [-0.15, -0.1) is 0 Å². The van der Waals surface area contributed by atoms with Gasteiger partial charge >= 0.3 is 5.97 Å². The lowest BCUT2D eigenvalue weighted by atomic mass is 9.96. The summed E-state index contributed by atoms with van der Waals surface area (Å²) in [5.74, 6) is -2.60. The number of hydrogen-bond donors (Lipinski definition) is 0. The van der Waals surface area contributed by atoms with Crippen molar-refractivity contribution in [3.63, 3.8) is 0 Å². The van der Waals surface area contributed by atoms with Crippen molar-refractivity contribution in [1.82, 2.24) is 0 Å². The van der Waals surface area contributed by atoms with Crippen molar-refractivity contribution >= 4 is 30.4 Å². The van der Waals surface area contributed by atoms with Crippen LogP contribution in [0.25, 0.3) is 0 Å². The third kappa shape index (κ3) is 6.12. The lowest BCUT2D eigenvalue weighted by Crippen LogP contribution is -2.66. The van der Waals surface area contributed by atoms with Gasteiger partial charge in [0, 0.05) is 20.6 Å². The van der Waals surface area contributed by atoms with Gasteiger partial charge in [0.15, 0.2) is 0 Å². The fourth-order valence-electron chi connectivity index (χ4n) is 4.91. The summed E-state index contributed by atoms with van der Waals surface area (Å²) in [5, 5.41) is 2.53. The highest BCUT2D eigenvalue weighted by molar-refractivity contribution is 6.99. The molecule has 2 aromatic rings. The SMILES string of the molecule is COC1(OC(C)=O)C=C(CCCCCO[Si](c2ccccc2)(c2ccccc2)C(C)(C)C)C=CC1=O. The van der Waals surface area contributed by atoms with Crippen LogP contribution in [0.1, 0.15) is 53.4 Å².